The summed E-state index contributed by atoms with van der Waals surface area (Å²) in [7, 11) is 5.30. The molecule has 2 unspecified atom stereocenters. The van der Waals surface area contributed by atoms with Crippen molar-refractivity contribution in [3.63, 3.8) is 0 Å². The molecule has 0 bridgehead atoms. The minimum Gasteiger partial charge on any atom is -0.457 e. The largest absolute Gasteiger partial charge is 0.457 e. The van der Waals surface area contributed by atoms with Gasteiger partial charge in [0.05, 0.1) is 42.0 Å². The normalized spacial score (nSPS) is 45.3. The molecule has 3 heterocycles. The fraction of sp³-hybridized carbons (Fsp3) is 0.976. The van der Waals surface area contributed by atoms with Crippen LogP contribution < -0.4 is 10.6 Å². The van der Waals surface area contributed by atoms with Crippen LogP contribution in [0, 0.1) is 17.8 Å². The summed E-state index contributed by atoms with van der Waals surface area (Å²) in [5.41, 5.74) is -5.96. The van der Waals surface area contributed by atoms with Crippen LogP contribution in [-0.4, -0.2) is 167 Å². The molecule has 0 saturated carbocycles. The monoisotopic (exact) mass is 806 g/mol. The van der Waals surface area contributed by atoms with Crippen molar-refractivity contribution < 1.29 is 58.7 Å². The second-order valence-electron chi connectivity index (χ2n) is 18.6. The van der Waals surface area contributed by atoms with Crippen molar-refractivity contribution in [3.8, 4) is 0 Å². The number of hydrogen-bond acceptors (Lipinski definition) is 15. The van der Waals surface area contributed by atoms with Crippen LogP contribution in [0.3, 0.4) is 0 Å². The molecule has 0 radical (unpaired) electrons. The highest BCUT2D eigenvalue weighted by molar-refractivity contribution is 5.73. The quantitative estimate of drug-likeness (QED) is 0.141. The zero-order valence-corrected chi connectivity index (χ0v) is 36.9. The average Bonchev–Trinajstić information content (AvgIpc) is 3.11. The lowest BCUT2D eigenvalue weighted by atomic mass is 9.75. The van der Waals surface area contributed by atoms with Crippen molar-refractivity contribution in [2.24, 2.45) is 17.8 Å². The molecule has 0 aromatic carbocycles. The number of nitrogens with one attached hydrogen (secondary N) is 2. The third kappa shape index (κ3) is 11.0. The molecule has 0 aliphatic carbocycles. The molecule has 330 valence electrons. The summed E-state index contributed by atoms with van der Waals surface area (Å²) in [6.07, 6.45) is -7.54. The van der Waals surface area contributed by atoms with E-state index in [2.05, 4.69) is 10.6 Å². The maximum atomic E-state index is 14.5. The van der Waals surface area contributed by atoms with E-state index in [0.717, 1.165) is 0 Å². The minimum absolute atomic E-state index is 0.0848. The Balaban J connectivity index is 2.16. The van der Waals surface area contributed by atoms with Crippen LogP contribution in [0.5, 0.6) is 0 Å². The predicted molar refractivity (Wildman–Crippen MR) is 212 cm³/mol. The highest BCUT2D eigenvalue weighted by Crippen LogP contribution is 2.43. The lowest BCUT2D eigenvalue weighted by molar-refractivity contribution is -0.336. The van der Waals surface area contributed by atoms with E-state index in [1.54, 1.807) is 41.5 Å². The number of likely N-dealkylation sites (N-methyl/N-ethyl adjacent to an activating group) is 1. The lowest BCUT2D eigenvalue weighted by Crippen LogP contribution is -2.70. The van der Waals surface area contributed by atoms with Crippen LogP contribution >= 0.6 is 0 Å². The molecule has 15 heteroatoms. The Morgan fingerprint density at radius 3 is 2.23 bits per heavy atom. The molecule has 3 saturated heterocycles. The fourth-order valence-electron chi connectivity index (χ4n) is 9.11. The maximum absolute atomic E-state index is 14.5. The van der Waals surface area contributed by atoms with Crippen molar-refractivity contribution in [2.75, 3.05) is 34.3 Å². The highest BCUT2D eigenvalue weighted by Gasteiger charge is 2.58. The van der Waals surface area contributed by atoms with E-state index in [1.165, 1.54) is 14.0 Å². The Hall–Kier alpha value is -1.05. The first-order chi connectivity index (χ1) is 25.8. The molecule has 7 N–H and O–H groups in total. The minimum atomic E-state index is -1.82. The molecule has 0 spiro atoms. The Morgan fingerprint density at radius 2 is 1.68 bits per heavy atom. The summed E-state index contributed by atoms with van der Waals surface area (Å²) in [5.74, 6) is -2.68. The molecule has 3 aliphatic heterocycles. The van der Waals surface area contributed by atoms with Gasteiger partial charge in [-0.25, -0.2) is 0 Å². The van der Waals surface area contributed by atoms with Gasteiger partial charge in [0.2, 0.25) is 0 Å². The second kappa shape index (κ2) is 19.6. The van der Waals surface area contributed by atoms with Gasteiger partial charge in [-0.05, 0) is 94.3 Å². The highest BCUT2D eigenvalue weighted by atomic mass is 16.7. The Labute approximate surface area is 336 Å². The molecule has 0 amide bonds. The van der Waals surface area contributed by atoms with E-state index in [1.807, 2.05) is 53.6 Å². The summed E-state index contributed by atoms with van der Waals surface area (Å²) in [4.78, 5) is 16.4. The van der Waals surface area contributed by atoms with Gasteiger partial charge < -0.3 is 69.5 Å². The molecular weight excluding hydrogens is 726 g/mol. The number of hydrogen-bond donors (Lipinski definition) is 7. The van der Waals surface area contributed by atoms with E-state index >= 15 is 0 Å². The number of cyclic esters (lactones) is 1. The first-order valence-corrected chi connectivity index (χ1v) is 20.8. The summed E-state index contributed by atoms with van der Waals surface area (Å²) in [6, 6.07) is -0.789. The van der Waals surface area contributed by atoms with E-state index in [4.69, 9.17) is 28.4 Å². The Morgan fingerprint density at radius 1 is 1.05 bits per heavy atom. The summed E-state index contributed by atoms with van der Waals surface area (Å²) in [6.45, 7) is 22.1. The number of esters is 1. The zero-order chi connectivity index (χ0) is 42.7. The molecule has 15 nitrogen and oxygen atoms in total. The van der Waals surface area contributed by atoms with Crippen LogP contribution in [-0.2, 0) is 33.2 Å². The Kier molecular flexibility index (Phi) is 17.2. The van der Waals surface area contributed by atoms with Crippen LogP contribution in [0.2, 0.25) is 0 Å². The maximum Gasteiger partial charge on any atom is 0.311 e. The Bertz CT molecular complexity index is 1240. The average molecular weight is 806 g/mol. The van der Waals surface area contributed by atoms with Gasteiger partial charge in [0.15, 0.2) is 12.6 Å². The third-order valence-electron chi connectivity index (χ3n) is 13.0. The SMILES string of the molecule is CC[C@@H](O)[C@@](C)(O)C1OC(=O)[C@H](C)[C@H](O[C@H]2C[C@@](C)(OC)[C@](O)(CNC(C)C)[C@H](C)O2)[C@H](C)[C@H](O[C@@H]2O[C@H](C)C[C@H](N(C)C)C2O)[C@@](C)(O)C[C@H](C)CN[C@@H]1C. The van der Waals surface area contributed by atoms with Crippen molar-refractivity contribution in [2.45, 2.75) is 205 Å². The van der Waals surface area contributed by atoms with Crippen molar-refractivity contribution in [1.82, 2.24) is 15.5 Å². The number of methoxy groups -OCH3 is 1. The molecule has 3 aliphatic rings. The van der Waals surface area contributed by atoms with Gasteiger partial charge in [-0.3, -0.25) is 4.79 Å². The molecule has 3 rings (SSSR count). The van der Waals surface area contributed by atoms with Gasteiger partial charge in [0, 0.05) is 44.1 Å². The summed E-state index contributed by atoms with van der Waals surface area (Å²) in [5, 5.41) is 65.4. The first-order valence-electron chi connectivity index (χ1n) is 20.8. The van der Waals surface area contributed by atoms with Crippen LogP contribution in [0.15, 0.2) is 0 Å². The van der Waals surface area contributed by atoms with Crippen molar-refractivity contribution >= 4 is 5.97 Å². The van der Waals surface area contributed by atoms with Crippen molar-refractivity contribution in [1.29, 1.82) is 0 Å². The van der Waals surface area contributed by atoms with Crippen LogP contribution in [0.25, 0.3) is 0 Å². The van der Waals surface area contributed by atoms with Crippen LogP contribution in [0.4, 0.5) is 0 Å². The molecule has 56 heavy (non-hydrogen) atoms. The lowest BCUT2D eigenvalue weighted by Gasteiger charge is -2.54. The van der Waals surface area contributed by atoms with Gasteiger partial charge in [-0.2, -0.15) is 0 Å². The van der Waals surface area contributed by atoms with E-state index in [-0.39, 0.29) is 49.9 Å². The number of carbonyl (C=O) groups is 1. The van der Waals surface area contributed by atoms with Gasteiger partial charge >= 0.3 is 5.97 Å². The smallest absolute Gasteiger partial charge is 0.311 e. The summed E-state index contributed by atoms with van der Waals surface area (Å²) >= 11 is 0. The first kappa shape index (κ1) is 49.3. The molecule has 3 fully saturated rings. The van der Waals surface area contributed by atoms with E-state index in [0.29, 0.717) is 13.0 Å². The summed E-state index contributed by atoms with van der Waals surface area (Å²) < 4.78 is 38.4. The standard InChI is InChI=1S/C41H79N3O12/c1-16-30(45)40(12,49)35-27(8)42-20-23(4)18-38(10,48)34(56-37-32(46)29(44(13)14)17-24(5)52-37)25(6)33(26(7)36(47)55-35)54-31-19-39(11,51-15)41(50,28(9)53-31)21-43-22(2)3/h22-35,37,42-43,45-46,48-50H,16-21H2,1-15H3/t23-,24+,25-,26+,27+,28-,29-,30+,31-,32?,33+,34-,35?,37-,38-,39+,40+,41-/m0/s1. The van der Waals surface area contributed by atoms with Gasteiger partial charge in [-0.15, -0.1) is 0 Å². The third-order valence-corrected chi connectivity index (χ3v) is 13.0. The molecular formula is C41H79N3O12. The van der Waals surface area contributed by atoms with Gasteiger partial charge in [0.25, 0.3) is 0 Å². The topological polar surface area (TPSA) is 201 Å². The number of carbonyl (C=O) groups excluding carboxylic acids is 1. The number of nitrogens with zero attached hydrogens (tertiary/aromatic N) is 1. The van der Waals surface area contributed by atoms with Crippen molar-refractivity contribution in [3.05, 3.63) is 0 Å². The molecule has 0 aromatic heterocycles. The zero-order valence-electron chi connectivity index (χ0n) is 36.9. The van der Waals surface area contributed by atoms with E-state index < -0.39 is 95.5 Å². The number of aliphatic hydroxyl groups excluding tert-OH is 2. The number of ether oxygens (including phenoxy) is 6. The number of rotatable bonds is 12. The van der Waals surface area contributed by atoms with Crippen LogP contribution in [0.1, 0.15) is 109 Å². The fourth-order valence-corrected chi connectivity index (χ4v) is 9.11. The van der Waals surface area contributed by atoms with E-state index in [9.17, 15) is 30.3 Å². The molecule has 0 aromatic rings. The second-order valence-corrected chi connectivity index (χ2v) is 18.6. The number of aliphatic hydroxyl groups is 5. The molecule has 18 atom stereocenters. The van der Waals surface area contributed by atoms with Gasteiger partial charge in [0.1, 0.15) is 29.0 Å². The predicted octanol–water partition coefficient (Wildman–Crippen LogP) is 1.93. The van der Waals surface area contributed by atoms with Gasteiger partial charge in [-0.1, -0.05) is 34.6 Å².